The maximum atomic E-state index is 5.75. The summed E-state index contributed by atoms with van der Waals surface area (Å²) >= 11 is 0.487. The van der Waals surface area contributed by atoms with Crippen molar-refractivity contribution in [1.82, 2.24) is 0 Å². The molecule has 2 aromatic rings. The Bertz CT molecular complexity index is 351. The third kappa shape index (κ3) is 0.772. The van der Waals surface area contributed by atoms with Gasteiger partial charge in [-0.05, 0) is 0 Å². The molecule has 0 aliphatic carbocycles. The Morgan fingerprint density at radius 2 is 2.10 bits per heavy atom. The fourth-order valence-corrected chi connectivity index (χ4v) is 2.75. The molecule has 1 nitrogen and oxygen atoms in total. The van der Waals surface area contributed by atoms with Crippen molar-refractivity contribution in [1.29, 1.82) is 0 Å². The van der Waals surface area contributed by atoms with Crippen molar-refractivity contribution in [3.63, 3.8) is 0 Å². The molecule has 0 unspecified atom stereocenters. The van der Waals surface area contributed by atoms with Crippen molar-refractivity contribution >= 4 is 29.8 Å². The van der Waals surface area contributed by atoms with Crippen molar-refractivity contribution < 1.29 is 0 Å². The van der Waals surface area contributed by atoms with Crippen LogP contribution in [0.5, 0.6) is 0 Å². The van der Waals surface area contributed by atoms with E-state index in [1.807, 2.05) is 12.1 Å². The van der Waals surface area contributed by atoms with Crippen LogP contribution < -0.4 is 5.73 Å². The van der Waals surface area contributed by atoms with E-state index >= 15 is 0 Å². The number of hydrogen-bond acceptors (Lipinski definition) is 1. The standard InChI is InChI=1S/C8H7NSe/c9-7-3-1-2-6-4-5-10-8(6)7/h1-5H,9H2. The molecular formula is C8H7NSe. The molecular weight excluding hydrogens is 189 g/mol. The Balaban J connectivity index is 2.95. The molecule has 0 saturated heterocycles. The molecule has 2 N–H and O–H groups in total. The first kappa shape index (κ1) is 6.02. The summed E-state index contributed by atoms with van der Waals surface area (Å²) in [6, 6.07) is 8.22. The number of nitrogens with two attached hydrogens (primary N) is 1. The minimum absolute atomic E-state index is 0.487. The summed E-state index contributed by atoms with van der Waals surface area (Å²) < 4.78 is 1.34. The molecule has 2 rings (SSSR count). The van der Waals surface area contributed by atoms with E-state index in [9.17, 15) is 0 Å². The normalized spacial score (nSPS) is 10.4. The summed E-state index contributed by atoms with van der Waals surface area (Å²) in [7, 11) is 0. The molecule has 1 aromatic carbocycles. The molecule has 1 heterocycles. The Kier molecular flexibility index (Phi) is 1.30. The molecule has 0 spiro atoms. The zero-order chi connectivity index (χ0) is 6.97. The summed E-state index contributed by atoms with van der Waals surface area (Å²) in [4.78, 5) is 2.20. The van der Waals surface area contributed by atoms with Gasteiger partial charge in [-0.1, -0.05) is 0 Å². The minimum atomic E-state index is 0.487. The van der Waals surface area contributed by atoms with E-state index in [-0.39, 0.29) is 0 Å². The van der Waals surface area contributed by atoms with Gasteiger partial charge in [0.15, 0.2) is 0 Å². The summed E-state index contributed by atoms with van der Waals surface area (Å²) in [5.41, 5.74) is 6.69. The van der Waals surface area contributed by atoms with Gasteiger partial charge in [0, 0.05) is 0 Å². The van der Waals surface area contributed by atoms with Crippen LogP contribution >= 0.6 is 0 Å². The van der Waals surface area contributed by atoms with Crippen molar-refractivity contribution in [3.8, 4) is 0 Å². The van der Waals surface area contributed by atoms with Gasteiger partial charge >= 0.3 is 64.8 Å². The molecule has 10 heavy (non-hydrogen) atoms. The predicted octanol–water partition coefficient (Wildman–Crippen LogP) is 1.48. The van der Waals surface area contributed by atoms with Crippen LogP contribution in [0.4, 0.5) is 5.69 Å². The van der Waals surface area contributed by atoms with Crippen LogP contribution in [0.15, 0.2) is 29.2 Å². The second-order valence-corrected chi connectivity index (χ2v) is 4.11. The molecule has 0 atom stereocenters. The van der Waals surface area contributed by atoms with Crippen LogP contribution in [0.2, 0.25) is 0 Å². The maximum absolute atomic E-state index is 5.75. The fourth-order valence-electron chi connectivity index (χ4n) is 1.02. The first-order valence-corrected chi connectivity index (χ1v) is 4.94. The zero-order valence-corrected chi connectivity index (χ0v) is 7.09. The Hall–Kier alpha value is -0.721. The molecule has 50 valence electrons. The fraction of sp³-hybridized carbons (Fsp3) is 0. The topological polar surface area (TPSA) is 26.0 Å². The van der Waals surface area contributed by atoms with Gasteiger partial charge in [0.2, 0.25) is 0 Å². The second kappa shape index (κ2) is 2.15. The summed E-state index contributed by atoms with van der Waals surface area (Å²) in [5.74, 6) is 0. The van der Waals surface area contributed by atoms with E-state index in [2.05, 4.69) is 17.1 Å². The molecule has 1 aromatic heterocycles. The van der Waals surface area contributed by atoms with Crippen molar-refractivity contribution in [2.75, 3.05) is 5.73 Å². The predicted molar refractivity (Wildman–Crippen MR) is 45.3 cm³/mol. The van der Waals surface area contributed by atoms with Crippen molar-refractivity contribution in [3.05, 3.63) is 29.2 Å². The Morgan fingerprint density at radius 3 is 2.90 bits per heavy atom. The molecule has 0 bridgehead atoms. The van der Waals surface area contributed by atoms with Crippen LogP contribution in [0.25, 0.3) is 9.65 Å². The van der Waals surface area contributed by atoms with E-state index in [1.54, 1.807) is 0 Å². The molecule has 0 amide bonds. The first-order chi connectivity index (χ1) is 4.88. The molecule has 0 aliphatic heterocycles. The molecule has 0 aliphatic rings. The van der Waals surface area contributed by atoms with Crippen molar-refractivity contribution in [2.45, 2.75) is 0 Å². The van der Waals surface area contributed by atoms with E-state index < -0.39 is 0 Å². The third-order valence-corrected chi connectivity index (χ3v) is 3.56. The van der Waals surface area contributed by atoms with Gasteiger partial charge < -0.3 is 0 Å². The first-order valence-electron chi connectivity index (χ1n) is 3.09. The molecule has 0 fully saturated rings. The van der Waals surface area contributed by atoms with E-state index in [0.717, 1.165) is 5.69 Å². The Morgan fingerprint density at radius 1 is 1.20 bits per heavy atom. The summed E-state index contributed by atoms with van der Waals surface area (Å²) in [6.07, 6.45) is 0. The van der Waals surface area contributed by atoms with Gasteiger partial charge in [0.25, 0.3) is 0 Å². The van der Waals surface area contributed by atoms with Crippen LogP contribution in [-0.2, 0) is 0 Å². The summed E-state index contributed by atoms with van der Waals surface area (Å²) in [5, 5.41) is 1.31. The van der Waals surface area contributed by atoms with Crippen molar-refractivity contribution in [2.24, 2.45) is 0 Å². The van der Waals surface area contributed by atoms with Gasteiger partial charge in [-0.15, -0.1) is 0 Å². The number of hydrogen-bond donors (Lipinski definition) is 1. The van der Waals surface area contributed by atoms with E-state index in [4.69, 9.17) is 5.73 Å². The number of benzene rings is 1. The summed E-state index contributed by atoms with van der Waals surface area (Å²) in [6.45, 7) is 0. The molecule has 0 radical (unpaired) electrons. The SMILES string of the molecule is Nc1cccc2cc[se]c12. The van der Waals surface area contributed by atoms with E-state index in [0.29, 0.717) is 14.5 Å². The van der Waals surface area contributed by atoms with Crippen LogP contribution in [0, 0.1) is 0 Å². The Labute approximate surface area is 65.2 Å². The van der Waals surface area contributed by atoms with Crippen LogP contribution in [-0.4, -0.2) is 14.5 Å². The third-order valence-electron chi connectivity index (χ3n) is 1.51. The van der Waals surface area contributed by atoms with Crippen LogP contribution in [0.1, 0.15) is 0 Å². The quantitative estimate of drug-likeness (QED) is 0.501. The van der Waals surface area contributed by atoms with E-state index in [1.165, 1.54) is 9.65 Å². The van der Waals surface area contributed by atoms with Crippen LogP contribution in [0.3, 0.4) is 0 Å². The van der Waals surface area contributed by atoms with Gasteiger partial charge in [0.05, 0.1) is 0 Å². The van der Waals surface area contributed by atoms with Gasteiger partial charge in [-0.25, -0.2) is 0 Å². The number of rotatable bonds is 0. The number of anilines is 1. The monoisotopic (exact) mass is 197 g/mol. The zero-order valence-electron chi connectivity index (χ0n) is 5.37. The number of fused-ring (bicyclic) bond motifs is 1. The van der Waals surface area contributed by atoms with Gasteiger partial charge in [-0.3, -0.25) is 0 Å². The number of nitrogen functional groups attached to an aromatic ring is 1. The van der Waals surface area contributed by atoms with Gasteiger partial charge in [0.1, 0.15) is 0 Å². The average Bonchev–Trinajstić information content (AvgIpc) is 2.36. The second-order valence-electron chi connectivity index (χ2n) is 2.19. The molecule has 0 saturated carbocycles. The average molecular weight is 196 g/mol. The van der Waals surface area contributed by atoms with Gasteiger partial charge in [-0.2, -0.15) is 0 Å². The molecule has 2 heteroatoms.